The number of amides is 2. The van der Waals surface area contributed by atoms with Crippen LogP contribution in [0, 0.1) is 18.7 Å². The summed E-state index contributed by atoms with van der Waals surface area (Å²) in [7, 11) is 1.57. The lowest BCUT2D eigenvalue weighted by Gasteiger charge is -2.16. The number of carbonyl (C=O) groups is 2. The third-order valence-corrected chi connectivity index (χ3v) is 3.60. The van der Waals surface area contributed by atoms with Crippen molar-refractivity contribution in [1.29, 1.82) is 0 Å². The molecule has 0 bridgehead atoms. The summed E-state index contributed by atoms with van der Waals surface area (Å²) in [5.41, 5.74) is 1.23. The second-order valence-corrected chi connectivity index (χ2v) is 5.18. The monoisotopic (exact) mass is 294 g/mol. The van der Waals surface area contributed by atoms with Crippen molar-refractivity contribution in [2.24, 2.45) is 5.92 Å². The lowest BCUT2D eigenvalue weighted by Crippen LogP contribution is -2.30. The Morgan fingerprint density at radius 1 is 1.52 bits per heavy atom. The Labute approximate surface area is 123 Å². The Morgan fingerprint density at radius 3 is 2.95 bits per heavy atom. The zero-order valence-electron chi connectivity index (χ0n) is 12.2. The maximum atomic E-state index is 13.0. The molecule has 21 heavy (non-hydrogen) atoms. The molecule has 2 amide bonds. The van der Waals surface area contributed by atoms with E-state index < -0.39 is 0 Å². The number of carbonyl (C=O) groups excluding carboxylic acids is 2. The van der Waals surface area contributed by atoms with Crippen LogP contribution in [-0.4, -0.2) is 43.5 Å². The van der Waals surface area contributed by atoms with Gasteiger partial charge in [-0.2, -0.15) is 0 Å². The molecular formula is C15H19FN2O3. The highest BCUT2D eigenvalue weighted by Crippen LogP contribution is 2.21. The van der Waals surface area contributed by atoms with Gasteiger partial charge in [0.2, 0.25) is 11.8 Å². The van der Waals surface area contributed by atoms with E-state index >= 15 is 0 Å². The molecule has 0 spiro atoms. The average molecular weight is 294 g/mol. The first-order valence-corrected chi connectivity index (χ1v) is 6.85. The van der Waals surface area contributed by atoms with E-state index in [2.05, 4.69) is 5.32 Å². The van der Waals surface area contributed by atoms with Gasteiger partial charge in [-0.3, -0.25) is 9.59 Å². The van der Waals surface area contributed by atoms with Crippen molar-refractivity contribution in [3.63, 3.8) is 0 Å². The molecule has 6 heteroatoms. The predicted molar refractivity (Wildman–Crippen MR) is 76.3 cm³/mol. The molecule has 1 aromatic carbocycles. The molecule has 114 valence electrons. The van der Waals surface area contributed by atoms with E-state index in [1.165, 1.54) is 18.2 Å². The van der Waals surface area contributed by atoms with Crippen LogP contribution < -0.4 is 5.32 Å². The second kappa shape index (κ2) is 6.67. The summed E-state index contributed by atoms with van der Waals surface area (Å²) >= 11 is 0. The quantitative estimate of drug-likeness (QED) is 0.896. The average Bonchev–Trinajstić information content (AvgIpc) is 2.81. The van der Waals surface area contributed by atoms with E-state index in [4.69, 9.17) is 4.74 Å². The molecular weight excluding hydrogens is 275 g/mol. The number of rotatable bonds is 5. The van der Waals surface area contributed by atoms with E-state index in [9.17, 15) is 14.0 Å². The van der Waals surface area contributed by atoms with Crippen molar-refractivity contribution >= 4 is 17.5 Å². The summed E-state index contributed by atoms with van der Waals surface area (Å²) in [5.74, 6) is -0.966. The third-order valence-electron chi connectivity index (χ3n) is 3.60. The minimum atomic E-state index is -0.376. The fourth-order valence-electron chi connectivity index (χ4n) is 2.37. The van der Waals surface area contributed by atoms with Crippen LogP contribution in [0.5, 0.6) is 0 Å². The fourth-order valence-corrected chi connectivity index (χ4v) is 2.37. The molecule has 1 aliphatic rings. The zero-order valence-corrected chi connectivity index (χ0v) is 12.2. The number of hydrogen-bond donors (Lipinski definition) is 1. The van der Waals surface area contributed by atoms with Crippen molar-refractivity contribution in [3.05, 3.63) is 29.6 Å². The highest BCUT2D eigenvalue weighted by molar-refractivity contribution is 5.97. The summed E-state index contributed by atoms with van der Waals surface area (Å²) in [6, 6.07) is 4.19. The number of nitrogens with one attached hydrogen (secondary N) is 1. The van der Waals surface area contributed by atoms with Gasteiger partial charge in [0.1, 0.15) is 5.82 Å². The van der Waals surface area contributed by atoms with E-state index in [0.717, 1.165) is 0 Å². The Balaban J connectivity index is 1.96. The summed E-state index contributed by atoms with van der Waals surface area (Å²) < 4.78 is 18.0. The van der Waals surface area contributed by atoms with Gasteiger partial charge < -0.3 is 15.0 Å². The van der Waals surface area contributed by atoms with Gasteiger partial charge in [0.15, 0.2) is 0 Å². The van der Waals surface area contributed by atoms with Crippen molar-refractivity contribution in [2.45, 2.75) is 13.3 Å². The second-order valence-electron chi connectivity index (χ2n) is 5.18. The van der Waals surface area contributed by atoms with Crippen molar-refractivity contribution in [2.75, 3.05) is 32.1 Å². The zero-order chi connectivity index (χ0) is 15.4. The number of aryl methyl sites for hydroxylation is 1. The third kappa shape index (κ3) is 3.78. The van der Waals surface area contributed by atoms with Crippen LogP contribution in [0.4, 0.5) is 10.1 Å². The number of likely N-dealkylation sites (tertiary alicyclic amines) is 1. The Kier molecular flexibility index (Phi) is 4.90. The standard InChI is InChI=1S/C15H19FN2O3/c1-10-7-12(16)3-4-13(10)17-15(20)11-8-14(19)18(9-11)5-6-21-2/h3-4,7,11H,5-6,8-9H2,1-2H3,(H,17,20)/t11-/m1/s1. The van der Waals surface area contributed by atoms with Gasteiger partial charge in [-0.25, -0.2) is 4.39 Å². The molecule has 2 rings (SSSR count). The van der Waals surface area contributed by atoms with Gasteiger partial charge in [0, 0.05) is 32.3 Å². The van der Waals surface area contributed by atoms with Gasteiger partial charge in [-0.1, -0.05) is 0 Å². The van der Waals surface area contributed by atoms with E-state index in [1.54, 1.807) is 18.9 Å². The number of nitrogens with zero attached hydrogens (tertiary/aromatic N) is 1. The Hall–Kier alpha value is -1.95. The van der Waals surface area contributed by atoms with Gasteiger partial charge in [-0.15, -0.1) is 0 Å². The number of ether oxygens (including phenoxy) is 1. The fraction of sp³-hybridized carbons (Fsp3) is 0.467. The highest BCUT2D eigenvalue weighted by atomic mass is 19.1. The van der Waals surface area contributed by atoms with Gasteiger partial charge >= 0.3 is 0 Å². The maximum absolute atomic E-state index is 13.0. The highest BCUT2D eigenvalue weighted by Gasteiger charge is 2.34. The van der Waals surface area contributed by atoms with Crippen LogP contribution in [0.25, 0.3) is 0 Å². The molecule has 0 radical (unpaired) electrons. The largest absolute Gasteiger partial charge is 0.383 e. The number of benzene rings is 1. The summed E-state index contributed by atoms with van der Waals surface area (Å²) in [4.78, 5) is 25.6. The van der Waals surface area contributed by atoms with Gasteiger partial charge in [0.05, 0.1) is 12.5 Å². The van der Waals surface area contributed by atoms with E-state index in [-0.39, 0.29) is 30.0 Å². The number of methoxy groups -OCH3 is 1. The van der Waals surface area contributed by atoms with Crippen LogP contribution in [0.2, 0.25) is 0 Å². The van der Waals surface area contributed by atoms with Crippen molar-refractivity contribution in [1.82, 2.24) is 4.90 Å². The topological polar surface area (TPSA) is 58.6 Å². The minimum Gasteiger partial charge on any atom is -0.383 e. The Bertz CT molecular complexity index is 548. The molecule has 1 atom stereocenters. The molecule has 1 aliphatic heterocycles. The van der Waals surface area contributed by atoms with Crippen molar-refractivity contribution < 1.29 is 18.7 Å². The van der Waals surface area contributed by atoms with Crippen LogP contribution in [0.1, 0.15) is 12.0 Å². The Morgan fingerprint density at radius 2 is 2.29 bits per heavy atom. The van der Waals surface area contributed by atoms with E-state index in [1.807, 2.05) is 0 Å². The van der Waals surface area contributed by atoms with Crippen LogP contribution in [-0.2, 0) is 14.3 Å². The smallest absolute Gasteiger partial charge is 0.229 e. The first-order valence-electron chi connectivity index (χ1n) is 6.85. The van der Waals surface area contributed by atoms with Crippen LogP contribution in [0.3, 0.4) is 0 Å². The molecule has 1 heterocycles. The van der Waals surface area contributed by atoms with Crippen molar-refractivity contribution in [3.8, 4) is 0 Å². The summed E-state index contributed by atoms with van der Waals surface area (Å²) in [6.07, 6.45) is 0.204. The van der Waals surface area contributed by atoms with Gasteiger partial charge in [-0.05, 0) is 30.7 Å². The molecule has 0 saturated carbocycles. The van der Waals surface area contributed by atoms with Crippen LogP contribution >= 0.6 is 0 Å². The summed E-state index contributed by atoms with van der Waals surface area (Å²) in [5, 5.41) is 2.76. The van der Waals surface area contributed by atoms with Crippen LogP contribution in [0.15, 0.2) is 18.2 Å². The molecule has 0 aliphatic carbocycles. The molecule has 0 unspecified atom stereocenters. The summed E-state index contributed by atoms with van der Waals surface area (Å²) in [6.45, 7) is 3.07. The predicted octanol–water partition coefficient (Wildman–Crippen LogP) is 1.57. The van der Waals surface area contributed by atoms with Gasteiger partial charge in [0.25, 0.3) is 0 Å². The SMILES string of the molecule is COCCN1C[C@H](C(=O)Nc2ccc(F)cc2C)CC1=O. The molecule has 1 N–H and O–H groups in total. The number of hydrogen-bond acceptors (Lipinski definition) is 3. The lowest BCUT2D eigenvalue weighted by atomic mass is 10.1. The van der Waals surface area contributed by atoms with E-state index in [0.29, 0.717) is 30.9 Å². The first kappa shape index (κ1) is 15.4. The normalized spacial score (nSPS) is 18.1. The number of halogens is 1. The lowest BCUT2D eigenvalue weighted by molar-refractivity contribution is -0.128. The molecule has 0 aromatic heterocycles. The molecule has 1 fully saturated rings. The molecule has 1 saturated heterocycles. The molecule has 1 aromatic rings. The maximum Gasteiger partial charge on any atom is 0.229 e. The first-order chi connectivity index (χ1) is 10.0. The molecule has 5 nitrogen and oxygen atoms in total. The number of anilines is 1. The minimum absolute atomic E-state index is 0.0389.